The lowest BCUT2D eigenvalue weighted by Crippen LogP contribution is -2.41. The molecule has 1 saturated heterocycles. The zero-order valence-corrected chi connectivity index (χ0v) is 15.3. The molecule has 0 aromatic heterocycles. The lowest BCUT2D eigenvalue weighted by Gasteiger charge is -2.17. The van der Waals surface area contributed by atoms with Gasteiger partial charge < -0.3 is 20.7 Å². The number of hydrogen-bond acceptors (Lipinski definition) is 4. The highest BCUT2D eigenvalue weighted by molar-refractivity contribution is 5.89. The Morgan fingerprint density at radius 2 is 2.04 bits per heavy atom. The Bertz CT molecular complexity index is 604. The molecule has 0 spiro atoms. The molecule has 2 aliphatic rings. The molecular formula is C18H26ClN3O3. The van der Waals surface area contributed by atoms with Crippen LogP contribution >= 0.6 is 12.4 Å². The number of nitrogens with one attached hydrogen (secondary N) is 1. The normalized spacial score (nSPS) is 20.8. The maximum atomic E-state index is 12.3. The van der Waals surface area contributed by atoms with E-state index >= 15 is 0 Å². The molecule has 1 aromatic rings. The van der Waals surface area contributed by atoms with Crippen LogP contribution in [0.15, 0.2) is 24.3 Å². The first-order valence-corrected chi connectivity index (χ1v) is 8.51. The third-order valence-corrected chi connectivity index (χ3v) is 4.86. The molecule has 2 amide bonds. The molecule has 2 fully saturated rings. The van der Waals surface area contributed by atoms with Crippen molar-refractivity contribution in [3.05, 3.63) is 29.8 Å². The highest BCUT2D eigenvalue weighted by Gasteiger charge is 2.35. The van der Waals surface area contributed by atoms with E-state index in [9.17, 15) is 9.59 Å². The van der Waals surface area contributed by atoms with Gasteiger partial charge in [-0.1, -0.05) is 12.1 Å². The van der Waals surface area contributed by atoms with Gasteiger partial charge in [0.05, 0.1) is 13.0 Å². The molecule has 6 nitrogen and oxygen atoms in total. The van der Waals surface area contributed by atoms with Crippen molar-refractivity contribution in [1.82, 2.24) is 10.2 Å². The van der Waals surface area contributed by atoms with E-state index in [2.05, 4.69) is 5.32 Å². The van der Waals surface area contributed by atoms with E-state index in [4.69, 9.17) is 10.5 Å². The second-order valence-corrected chi connectivity index (χ2v) is 6.77. The van der Waals surface area contributed by atoms with Gasteiger partial charge in [-0.3, -0.25) is 9.59 Å². The van der Waals surface area contributed by atoms with Gasteiger partial charge in [-0.25, -0.2) is 0 Å². The van der Waals surface area contributed by atoms with Gasteiger partial charge in [-0.15, -0.1) is 12.4 Å². The molecule has 1 aliphatic heterocycles. The fourth-order valence-electron chi connectivity index (χ4n) is 3.11. The van der Waals surface area contributed by atoms with Crippen molar-refractivity contribution in [2.75, 3.05) is 20.2 Å². The van der Waals surface area contributed by atoms with Crippen LogP contribution in [0.4, 0.5) is 0 Å². The summed E-state index contributed by atoms with van der Waals surface area (Å²) in [5.74, 6) is 1.04. The number of carbonyl (C=O) groups excluding carboxylic acids is 2. The highest BCUT2D eigenvalue weighted by Crippen LogP contribution is 2.31. The molecule has 3 rings (SSSR count). The van der Waals surface area contributed by atoms with E-state index in [-0.39, 0.29) is 42.6 Å². The first-order chi connectivity index (χ1) is 11.6. The molecule has 1 aliphatic carbocycles. The number of amides is 2. The largest absolute Gasteiger partial charge is 0.497 e. The molecule has 0 bridgehead atoms. The van der Waals surface area contributed by atoms with Crippen LogP contribution < -0.4 is 15.8 Å². The number of carbonyl (C=O) groups is 2. The lowest BCUT2D eigenvalue weighted by atomic mass is 10.1. The van der Waals surface area contributed by atoms with Crippen LogP contribution in [0, 0.1) is 11.8 Å². The highest BCUT2D eigenvalue weighted by atomic mass is 35.5. The Balaban J connectivity index is 0.00000225. The summed E-state index contributed by atoms with van der Waals surface area (Å²) in [6.07, 6.45) is 2.60. The standard InChI is InChI=1S/C18H25N3O3.ClH/c1-24-15-6-2-12(3-7-15)10-21-11-14(8-17(21)22)18(23)20-9-16(19)13-4-5-13;/h2-3,6-7,13-14,16H,4-5,8-11,19H2,1H3,(H,20,23);1H. The van der Waals surface area contributed by atoms with Crippen molar-refractivity contribution in [2.24, 2.45) is 17.6 Å². The van der Waals surface area contributed by atoms with Crippen molar-refractivity contribution in [2.45, 2.75) is 31.8 Å². The Morgan fingerprint density at radius 3 is 2.64 bits per heavy atom. The van der Waals surface area contributed by atoms with Crippen molar-refractivity contribution in [3.8, 4) is 5.75 Å². The quantitative estimate of drug-likeness (QED) is 0.761. The number of methoxy groups -OCH3 is 1. The first kappa shape index (κ1) is 19.5. The van der Waals surface area contributed by atoms with E-state index in [0.29, 0.717) is 25.6 Å². The van der Waals surface area contributed by atoms with Crippen LogP contribution in [0.3, 0.4) is 0 Å². The molecule has 1 heterocycles. The predicted molar refractivity (Wildman–Crippen MR) is 97.5 cm³/mol. The van der Waals surface area contributed by atoms with Crippen molar-refractivity contribution >= 4 is 24.2 Å². The third kappa shape index (κ3) is 5.09. The summed E-state index contributed by atoms with van der Waals surface area (Å²) in [5.41, 5.74) is 7.03. The molecule has 3 N–H and O–H groups in total. The number of likely N-dealkylation sites (tertiary alicyclic amines) is 1. The Morgan fingerprint density at radius 1 is 1.36 bits per heavy atom. The molecule has 1 saturated carbocycles. The maximum Gasteiger partial charge on any atom is 0.225 e. The summed E-state index contributed by atoms with van der Waals surface area (Å²) >= 11 is 0. The number of nitrogens with two attached hydrogens (primary N) is 1. The van der Waals surface area contributed by atoms with E-state index in [1.807, 2.05) is 24.3 Å². The monoisotopic (exact) mass is 367 g/mol. The fourth-order valence-corrected chi connectivity index (χ4v) is 3.11. The number of nitrogens with zero attached hydrogens (tertiary/aromatic N) is 1. The Hall–Kier alpha value is -1.79. The molecule has 0 radical (unpaired) electrons. The molecule has 7 heteroatoms. The second-order valence-electron chi connectivity index (χ2n) is 6.77. The maximum absolute atomic E-state index is 12.3. The smallest absolute Gasteiger partial charge is 0.225 e. The fraction of sp³-hybridized carbons (Fsp3) is 0.556. The van der Waals surface area contributed by atoms with Crippen LogP contribution in [0.2, 0.25) is 0 Å². The van der Waals surface area contributed by atoms with E-state index < -0.39 is 0 Å². The summed E-state index contributed by atoms with van der Waals surface area (Å²) in [4.78, 5) is 26.2. The van der Waals surface area contributed by atoms with Crippen LogP contribution in [0.25, 0.3) is 0 Å². The van der Waals surface area contributed by atoms with E-state index in [1.54, 1.807) is 12.0 Å². The molecule has 2 atom stereocenters. The summed E-state index contributed by atoms with van der Waals surface area (Å²) in [5, 5.41) is 2.91. The van der Waals surface area contributed by atoms with E-state index in [1.165, 1.54) is 0 Å². The first-order valence-electron chi connectivity index (χ1n) is 8.51. The summed E-state index contributed by atoms with van der Waals surface area (Å²) in [7, 11) is 1.62. The summed E-state index contributed by atoms with van der Waals surface area (Å²) < 4.78 is 5.13. The Kier molecular flexibility index (Phi) is 6.67. The molecule has 1 aromatic carbocycles. The minimum absolute atomic E-state index is 0. The lowest BCUT2D eigenvalue weighted by molar-refractivity contribution is -0.129. The van der Waals surface area contributed by atoms with Crippen molar-refractivity contribution in [1.29, 1.82) is 0 Å². The Labute approximate surface area is 154 Å². The van der Waals surface area contributed by atoms with Gasteiger partial charge in [-0.2, -0.15) is 0 Å². The van der Waals surface area contributed by atoms with Crippen LogP contribution in [0.1, 0.15) is 24.8 Å². The average Bonchev–Trinajstić information content (AvgIpc) is 3.38. The predicted octanol–water partition coefficient (Wildman–Crippen LogP) is 1.32. The molecule has 25 heavy (non-hydrogen) atoms. The van der Waals surface area contributed by atoms with Gasteiger partial charge in [-0.05, 0) is 36.5 Å². The van der Waals surface area contributed by atoms with Gasteiger partial charge in [0.15, 0.2) is 0 Å². The topological polar surface area (TPSA) is 84.7 Å². The van der Waals surface area contributed by atoms with Crippen LogP contribution in [-0.4, -0.2) is 43.0 Å². The zero-order chi connectivity index (χ0) is 17.1. The average molecular weight is 368 g/mol. The number of rotatable bonds is 7. The number of benzene rings is 1. The van der Waals surface area contributed by atoms with Gasteiger partial charge in [0.2, 0.25) is 11.8 Å². The number of ether oxygens (including phenoxy) is 1. The third-order valence-electron chi connectivity index (χ3n) is 4.86. The molecule has 138 valence electrons. The van der Waals surface area contributed by atoms with Crippen LogP contribution in [-0.2, 0) is 16.1 Å². The van der Waals surface area contributed by atoms with Gasteiger partial charge in [0.25, 0.3) is 0 Å². The SMILES string of the molecule is COc1ccc(CN2CC(C(=O)NCC(N)C3CC3)CC2=O)cc1.Cl. The van der Waals surface area contributed by atoms with Crippen molar-refractivity contribution in [3.63, 3.8) is 0 Å². The minimum Gasteiger partial charge on any atom is -0.497 e. The molecule has 2 unspecified atom stereocenters. The zero-order valence-electron chi connectivity index (χ0n) is 14.4. The minimum atomic E-state index is -0.276. The van der Waals surface area contributed by atoms with Gasteiger partial charge in [0.1, 0.15) is 5.75 Å². The van der Waals surface area contributed by atoms with E-state index in [0.717, 1.165) is 24.2 Å². The van der Waals surface area contributed by atoms with Gasteiger partial charge >= 0.3 is 0 Å². The second kappa shape index (κ2) is 8.54. The number of hydrogen-bond donors (Lipinski definition) is 2. The van der Waals surface area contributed by atoms with Gasteiger partial charge in [0, 0.05) is 32.1 Å². The van der Waals surface area contributed by atoms with Crippen LogP contribution in [0.5, 0.6) is 5.75 Å². The van der Waals surface area contributed by atoms with Crippen molar-refractivity contribution < 1.29 is 14.3 Å². The summed E-state index contributed by atoms with van der Waals surface area (Å²) in [6.45, 7) is 1.50. The number of halogens is 1. The summed E-state index contributed by atoms with van der Waals surface area (Å²) in [6, 6.07) is 7.67. The molecular weight excluding hydrogens is 342 g/mol.